The number of aliphatic hydroxyl groups is 1. The average molecular weight is 293 g/mol. The molecule has 0 atom stereocenters. The number of allylic oxidation sites excluding steroid dienone is 1. The number of rotatable bonds is 4. The standard InChI is InChI=1S/C18H15NO3/c1-2-22-19-16(12-8-4-3-5-9-12)15-17(20)13-10-6-7-11-14(13)18(15)21/h3-11,20H,2H2,1H3/b19-16+. The molecule has 0 aromatic heterocycles. The van der Waals surface area contributed by atoms with E-state index in [1.165, 1.54) is 0 Å². The first-order valence-electron chi connectivity index (χ1n) is 7.07. The van der Waals surface area contributed by atoms with Gasteiger partial charge in [0.25, 0.3) is 0 Å². The number of carbonyl (C=O) groups is 1. The van der Waals surface area contributed by atoms with Crippen molar-refractivity contribution in [2.45, 2.75) is 6.92 Å². The number of hydrogen-bond acceptors (Lipinski definition) is 4. The van der Waals surface area contributed by atoms with Crippen LogP contribution in [0.5, 0.6) is 0 Å². The smallest absolute Gasteiger partial charge is 0.199 e. The van der Waals surface area contributed by atoms with Gasteiger partial charge in [0, 0.05) is 16.7 Å². The fourth-order valence-corrected chi connectivity index (χ4v) is 2.45. The van der Waals surface area contributed by atoms with Crippen molar-refractivity contribution in [1.29, 1.82) is 0 Å². The van der Waals surface area contributed by atoms with Crippen molar-refractivity contribution < 1.29 is 14.7 Å². The summed E-state index contributed by atoms with van der Waals surface area (Å²) in [5.41, 5.74) is 2.26. The van der Waals surface area contributed by atoms with Crippen molar-refractivity contribution in [3.63, 3.8) is 0 Å². The summed E-state index contributed by atoms with van der Waals surface area (Å²) in [6, 6.07) is 16.2. The summed E-state index contributed by atoms with van der Waals surface area (Å²) >= 11 is 0. The van der Waals surface area contributed by atoms with Gasteiger partial charge in [0.15, 0.2) is 5.78 Å². The zero-order valence-electron chi connectivity index (χ0n) is 12.1. The summed E-state index contributed by atoms with van der Waals surface area (Å²) in [6.07, 6.45) is 0. The lowest BCUT2D eigenvalue weighted by molar-refractivity contribution is 0.104. The van der Waals surface area contributed by atoms with Gasteiger partial charge in [-0.05, 0) is 6.92 Å². The van der Waals surface area contributed by atoms with Gasteiger partial charge >= 0.3 is 0 Å². The van der Waals surface area contributed by atoms with Gasteiger partial charge in [0.2, 0.25) is 0 Å². The molecular weight excluding hydrogens is 278 g/mol. The Morgan fingerprint density at radius 2 is 1.68 bits per heavy atom. The Morgan fingerprint density at radius 1 is 1.05 bits per heavy atom. The molecule has 0 bridgehead atoms. The SMILES string of the molecule is CCO/N=C(/C1=C(O)c2ccccc2C1=O)c1ccccc1. The predicted octanol–water partition coefficient (Wildman–Crippen LogP) is 3.59. The second-order valence-electron chi connectivity index (χ2n) is 4.82. The van der Waals surface area contributed by atoms with Crippen LogP contribution in [0.25, 0.3) is 5.76 Å². The Kier molecular flexibility index (Phi) is 3.74. The molecule has 1 aliphatic carbocycles. The molecule has 1 aliphatic rings. The van der Waals surface area contributed by atoms with E-state index in [4.69, 9.17) is 4.84 Å². The second-order valence-corrected chi connectivity index (χ2v) is 4.82. The van der Waals surface area contributed by atoms with Crippen molar-refractivity contribution in [3.05, 3.63) is 76.9 Å². The number of fused-ring (bicyclic) bond motifs is 1. The molecule has 0 heterocycles. The molecule has 0 radical (unpaired) electrons. The second kappa shape index (κ2) is 5.85. The first-order chi connectivity index (χ1) is 10.7. The van der Waals surface area contributed by atoms with E-state index in [1.807, 2.05) is 37.3 Å². The molecule has 2 aromatic carbocycles. The lowest BCUT2D eigenvalue weighted by atomic mass is 9.99. The first-order valence-corrected chi connectivity index (χ1v) is 7.07. The van der Waals surface area contributed by atoms with Crippen LogP contribution in [0.2, 0.25) is 0 Å². The van der Waals surface area contributed by atoms with E-state index < -0.39 is 0 Å². The van der Waals surface area contributed by atoms with Crippen LogP contribution >= 0.6 is 0 Å². The van der Waals surface area contributed by atoms with Crippen molar-refractivity contribution in [2.75, 3.05) is 6.61 Å². The normalized spacial score (nSPS) is 14.2. The highest BCUT2D eigenvalue weighted by Gasteiger charge is 2.33. The molecule has 0 fully saturated rings. The minimum absolute atomic E-state index is 0.0529. The van der Waals surface area contributed by atoms with E-state index in [2.05, 4.69) is 5.16 Å². The number of benzene rings is 2. The van der Waals surface area contributed by atoms with Crippen LogP contribution in [0, 0.1) is 0 Å². The summed E-state index contributed by atoms with van der Waals surface area (Å²) in [6.45, 7) is 2.19. The molecule has 3 rings (SSSR count). The van der Waals surface area contributed by atoms with E-state index in [-0.39, 0.29) is 17.1 Å². The monoisotopic (exact) mass is 293 g/mol. The zero-order chi connectivity index (χ0) is 15.5. The Bertz CT molecular complexity index is 776. The van der Waals surface area contributed by atoms with Gasteiger partial charge in [0.1, 0.15) is 18.1 Å². The number of nitrogens with zero attached hydrogens (tertiary/aromatic N) is 1. The third-order valence-corrected chi connectivity index (χ3v) is 3.46. The quantitative estimate of drug-likeness (QED) is 0.692. The van der Waals surface area contributed by atoms with Gasteiger partial charge in [-0.2, -0.15) is 0 Å². The maximum atomic E-state index is 12.6. The molecule has 1 N–H and O–H groups in total. The van der Waals surface area contributed by atoms with Gasteiger partial charge in [-0.3, -0.25) is 4.79 Å². The van der Waals surface area contributed by atoms with Crippen LogP contribution < -0.4 is 0 Å². The topological polar surface area (TPSA) is 58.9 Å². The highest BCUT2D eigenvalue weighted by Crippen LogP contribution is 2.33. The largest absolute Gasteiger partial charge is 0.506 e. The van der Waals surface area contributed by atoms with Crippen molar-refractivity contribution >= 4 is 17.3 Å². The molecule has 0 saturated heterocycles. The average Bonchev–Trinajstić information content (AvgIpc) is 2.82. The van der Waals surface area contributed by atoms with E-state index in [0.717, 1.165) is 5.56 Å². The molecule has 0 aliphatic heterocycles. The van der Waals surface area contributed by atoms with Gasteiger partial charge in [0.05, 0.1) is 5.57 Å². The van der Waals surface area contributed by atoms with Crippen LogP contribution in [0.3, 0.4) is 0 Å². The molecule has 0 spiro atoms. The summed E-state index contributed by atoms with van der Waals surface area (Å²) < 4.78 is 0. The minimum atomic E-state index is -0.240. The van der Waals surface area contributed by atoms with Gasteiger partial charge in [-0.1, -0.05) is 59.8 Å². The summed E-state index contributed by atoms with van der Waals surface area (Å²) in [7, 11) is 0. The number of oxime groups is 1. The van der Waals surface area contributed by atoms with Crippen molar-refractivity contribution in [3.8, 4) is 0 Å². The van der Waals surface area contributed by atoms with E-state index in [0.29, 0.717) is 23.4 Å². The number of Topliss-reactive ketones (excluding diaryl/α,β-unsaturated/α-hetero) is 1. The number of aliphatic hydroxyl groups excluding tert-OH is 1. The molecular formula is C18H15NO3. The first kappa shape index (κ1) is 14.1. The van der Waals surface area contributed by atoms with Gasteiger partial charge in [-0.15, -0.1) is 0 Å². The fraction of sp³-hybridized carbons (Fsp3) is 0.111. The lowest BCUT2D eigenvalue weighted by Crippen LogP contribution is -2.13. The molecule has 4 nitrogen and oxygen atoms in total. The van der Waals surface area contributed by atoms with E-state index in [9.17, 15) is 9.90 Å². The molecule has 0 amide bonds. The van der Waals surface area contributed by atoms with Crippen LogP contribution in [0.1, 0.15) is 28.4 Å². The molecule has 0 unspecified atom stereocenters. The number of hydrogen-bond donors (Lipinski definition) is 1. The highest BCUT2D eigenvalue weighted by atomic mass is 16.6. The third kappa shape index (κ3) is 2.29. The molecule has 0 saturated carbocycles. The van der Waals surface area contributed by atoms with Crippen LogP contribution in [0.4, 0.5) is 0 Å². The van der Waals surface area contributed by atoms with E-state index >= 15 is 0 Å². The Labute approximate surface area is 128 Å². The predicted molar refractivity (Wildman–Crippen MR) is 84.9 cm³/mol. The van der Waals surface area contributed by atoms with Crippen molar-refractivity contribution in [1.82, 2.24) is 0 Å². The number of ketones is 1. The Hall–Kier alpha value is -2.88. The fourth-order valence-electron chi connectivity index (χ4n) is 2.45. The highest BCUT2D eigenvalue weighted by molar-refractivity contribution is 6.39. The van der Waals surface area contributed by atoms with Gasteiger partial charge < -0.3 is 9.94 Å². The lowest BCUT2D eigenvalue weighted by Gasteiger charge is -2.07. The van der Waals surface area contributed by atoms with Gasteiger partial charge in [-0.25, -0.2) is 0 Å². The summed E-state index contributed by atoms with van der Waals surface area (Å²) in [5, 5.41) is 14.5. The molecule has 4 heteroatoms. The Balaban J connectivity index is 2.15. The maximum absolute atomic E-state index is 12.6. The van der Waals surface area contributed by atoms with Crippen LogP contribution in [-0.4, -0.2) is 23.2 Å². The third-order valence-electron chi connectivity index (χ3n) is 3.46. The molecule has 110 valence electrons. The number of carbonyl (C=O) groups excluding carboxylic acids is 1. The summed E-state index contributed by atoms with van der Waals surface area (Å²) in [4.78, 5) is 17.8. The van der Waals surface area contributed by atoms with Crippen LogP contribution in [-0.2, 0) is 4.84 Å². The van der Waals surface area contributed by atoms with E-state index in [1.54, 1.807) is 24.3 Å². The minimum Gasteiger partial charge on any atom is -0.506 e. The zero-order valence-corrected chi connectivity index (χ0v) is 12.1. The molecule has 2 aromatic rings. The molecule has 22 heavy (non-hydrogen) atoms. The van der Waals surface area contributed by atoms with Crippen molar-refractivity contribution in [2.24, 2.45) is 5.16 Å². The maximum Gasteiger partial charge on any atom is 0.199 e. The Morgan fingerprint density at radius 3 is 2.32 bits per heavy atom. The summed E-state index contributed by atoms with van der Waals surface area (Å²) in [5.74, 6) is -0.293. The van der Waals surface area contributed by atoms with Crippen LogP contribution in [0.15, 0.2) is 65.3 Å².